The fraction of sp³-hybridized carbons (Fsp3) is 0.158. The van der Waals surface area contributed by atoms with Crippen LogP contribution in [0.2, 0.25) is 0 Å². The predicted molar refractivity (Wildman–Crippen MR) is 114 cm³/mol. The molecule has 1 aromatic carbocycles. The standard InChI is InChI=1S/C19H15F3N3O6PS2/c1-30-17-6-3-13(10-24-17)16-5-7-18(33-16)34(28,29)25-11-32(26,27)31-14-4-2-12(9-23)15(8-14)19(20,21)22/h2-8,10,25H,11H2,1H3,(H,26,27)/p-1. The summed E-state index contributed by atoms with van der Waals surface area (Å²) in [7, 11) is -7.83. The number of benzene rings is 1. The number of pyridine rings is 1. The van der Waals surface area contributed by atoms with E-state index < -0.39 is 47.0 Å². The largest absolute Gasteiger partial charge is 0.768 e. The van der Waals surface area contributed by atoms with Crippen LogP contribution in [-0.2, 0) is 20.8 Å². The number of rotatable bonds is 8. The normalized spacial score (nSPS) is 13.6. The zero-order valence-corrected chi connectivity index (χ0v) is 19.6. The summed E-state index contributed by atoms with van der Waals surface area (Å²) in [4.78, 5) is 16.8. The second kappa shape index (κ2) is 9.73. The smallest absolute Gasteiger partial charge is 0.417 e. The van der Waals surface area contributed by atoms with Crippen LogP contribution < -0.4 is 18.9 Å². The maximum absolute atomic E-state index is 13.0. The number of hydrogen-bond acceptors (Lipinski definition) is 9. The van der Waals surface area contributed by atoms with Crippen molar-refractivity contribution in [1.29, 1.82) is 5.26 Å². The van der Waals surface area contributed by atoms with Crippen molar-refractivity contribution >= 4 is 29.0 Å². The predicted octanol–water partition coefficient (Wildman–Crippen LogP) is 3.58. The lowest BCUT2D eigenvalue weighted by atomic mass is 10.1. The van der Waals surface area contributed by atoms with Crippen molar-refractivity contribution in [2.75, 3.05) is 13.4 Å². The highest BCUT2D eigenvalue weighted by atomic mass is 32.2. The Morgan fingerprint density at radius 3 is 2.56 bits per heavy atom. The summed E-state index contributed by atoms with van der Waals surface area (Å²) >= 11 is 0.850. The average Bonchev–Trinajstić information content (AvgIpc) is 3.28. The number of nitrogens with zero attached hydrogens (tertiary/aromatic N) is 2. The molecule has 1 atom stereocenters. The molecule has 0 fully saturated rings. The number of thiophene rings is 1. The van der Waals surface area contributed by atoms with Crippen LogP contribution in [0.25, 0.3) is 10.4 Å². The van der Waals surface area contributed by atoms with E-state index >= 15 is 0 Å². The SMILES string of the molecule is COc1ccc(-c2ccc(S(=O)(=O)NCP(=O)([O-])Oc3ccc(C#N)c(C(F)(F)F)c3)s2)cn1. The van der Waals surface area contributed by atoms with Crippen LogP contribution >= 0.6 is 18.9 Å². The first kappa shape index (κ1) is 25.7. The zero-order chi connectivity index (χ0) is 25.1. The Morgan fingerprint density at radius 2 is 1.97 bits per heavy atom. The van der Waals surface area contributed by atoms with E-state index in [1.54, 1.807) is 12.1 Å². The Kier molecular flexibility index (Phi) is 7.35. The van der Waals surface area contributed by atoms with Crippen molar-refractivity contribution in [1.82, 2.24) is 9.71 Å². The molecule has 1 N–H and O–H groups in total. The third-order valence-corrected chi connectivity index (χ3v) is 8.46. The molecule has 2 aromatic heterocycles. The molecule has 0 aliphatic rings. The lowest BCUT2D eigenvalue weighted by Gasteiger charge is -2.24. The van der Waals surface area contributed by atoms with Crippen LogP contribution in [0.15, 0.2) is 52.9 Å². The highest BCUT2D eigenvalue weighted by molar-refractivity contribution is 7.92. The van der Waals surface area contributed by atoms with Gasteiger partial charge in [0.15, 0.2) is 7.60 Å². The maximum atomic E-state index is 13.0. The van der Waals surface area contributed by atoms with Crippen LogP contribution in [0.1, 0.15) is 11.1 Å². The Hall–Kier alpha value is -2.95. The third kappa shape index (κ3) is 6.13. The van der Waals surface area contributed by atoms with Crippen molar-refractivity contribution in [3.63, 3.8) is 0 Å². The maximum Gasteiger partial charge on any atom is 0.417 e. The number of alkyl halides is 3. The van der Waals surface area contributed by atoms with E-state index in [0.717, 1.165) is 23.5 Å². The molecule has 9 nitrogen and oxygen atoms in total. The molecular formula is C19H14F3N3O6PS2-. The van der Waals surface area contributed by atoms with Gasteiger partial charge in [0, 0.05) is 22.7 Å². The Labute approximate surface area is 196 Å². The summed E-state index contributed by atoms with van der Waals surface area (Å²) < 4.78 is 87.6. The minimum atomic E-state index is -5.00. The first-order valence-electron chi connectivity index (χ1n) is 9.05. The minimum Gasteiger partial charge on any atom is -0.768 e. The Morgan fingerprint density at radius 1 is 1.24 bits per heavy atom. The summed E-state index contributed by atoms with van der Waals surface area (Å²) in [6.07, 6.45) is -4.66. The van der Waals surface area contributed by atoms with Gasteiger partial charge in [-0.25, -0.2) is 18.1 Å². The fourth-order valence-corrected chi connectivity index (χ4v) is 6.42. The third-order valence-electron chi connectivity index (χ3n) is 4.19. The van der Waals surface area contributed by atoms with E-state index in [9.17, 15) is 31.0 Å². The van der Waals surface area contributed by atoms with E-state index in [0.29, 0.717) is 22.4 Å². The highest BCUT2D eigenvalue weighted by Crippen LogP contribution is 2.41. The number of hydrogen-bond donors (Lipinski definition) is 1. The number of aromatic nitrogens is 1. The second-order valence-corrected chi connectivity index (χ2v) is 11.3. The molecule has 0 bridgehead atoms. The van der Waals surface area contributed by atoms with Gasteiger partial charge in [0.2, 0.25) is 5.88 Å². The van der Waals surface area contributed by atoms with E-state index in [1.807, 2.05) is 4.72 Å². The molecule has 34 heavy (non-hydrogen) atoms. The molecule has 0 saturated heterocycles. The van der Waals surface area contributed by atoms with Crippen molar-refractivity contribution < 1.29 is 40.3 Å². The number of ether oxygens (including phenoxy) is 1. The lowest BCUT2D eigenvalue weighted by Crippen LogP contribution is -2.28. The second-order valence-electron chi connectivity index (χ2n) is 6.53. The van der Waals surface area contributed by atoms with Gasteiger partial charge >= 0.3 is 6.18 Å². The topological polar surface area (TPSA) is 141 Å². The molecule has 0 spiro atoms. The van der Waals surface area contributed by atoms with Crippen molar-refractivity contribution in [2.45, 2.75) is 10.4 Å². The van der Waals surface area contributed by atoms with Gasteiger partial charge in [-0.3, -0.25) is 4.57 Å². The molecule has 3 aromatic rings. The highest BCUT2D eigenvalue weighted by Gasteiger charge is 2.34. The molecule has 15 heteroatoms. The van der Waals surface area contributed by atoms with E-state index in [1.165, 1.54) is 31.5 Å². The molecule has 0 radical (unpaired) electrons. The summed E-state index contributed by atoms with van der Waals surface area (Å²) in [6.45, 7) is 0. The summed E-state index contributed by atoms with van der Waals surface area (Å²) in [5.41, 5.74) is -1.50. The van der Waals surface area contributed by atoms with Crippen molar-refractivity contribution in [3.05, 3.63) is 59.8 Å². The summed E-state index contributed by atoms with van der Waals surface area (Å²) in [5.74, 6) is -0.347. The first-order chi connectivity index (χ1) is 15.8. The average molecular weight is 532 g/mol. The van der Waals surface area contributed by atoms with E-state index in [2.05, 4.69) is 9.51 Å². The minimum absolute atomic E-state index is 0.198. The van der Waals surface area contributed by atoms with E-state index in [4.69, 9.17) is 10.00 Å². The number of methoxy groups -OCH3 is 1. The fourth-order valence-electron chi connectivity index (χ4n) is 2.61. The molecule has 0 amide bonds. The number of nitrogens with one attached hydrogen (secondary N) is 1. The van der Waals surface area contributed by atoms with Gasteiger partial charge in [0.1, 0.15) is 9.96 Å². The molecular weight excluding hydrogens is 518 g/mol. The Balaban J connectivity index is 1.72. The quantitative estimate of drug-likeness (QED) is 0.434. The van der Waals surface area contributed by atoms with Gasteiger partial charge < -0.3 is 14.2 Å². The first-order valence-corrected chi connectivity index (χ1v) is 13.1. The van der Waals surface area contributed by atoms with Gasteiger partial charge in [-0.05, 0) is 36.4 Å². The van der Waals surface area contributed by atoms with Crippen molar-refractivity contribution in [2.24, 2.45) is 0 Å². The lowest BCUT2D eigenvalue weighted by molar-refractivity contribution is -0.191. The van der Waals surface area contributed by atoms with Crippen molar-refractivity contribution in [3.8, 4) is 28.1 Å². The van der Waals surface area contributed by atoms with Crippen LogP contribution in [0, 0.1) is 11.3 Å². The monoisotopic (exact) mass is 532 g/mol. The molecule has 0 aliphatic heterocycles. The number of sulfonamides is 1. The van der Waals surface area contributed by atoms with Crippen LogP contribution in [0.5, 0.6) is 11.6 Å². The zero-order valence-electron chi connectivity index (χ0n) is 17.1. The molecule has 2 heterocycles. The number of halogens is 3. The van der Waals surface area contributed by atoms with Crippen LogP contribution in [-0.4, -0.2) is 26.8 Å². The van der Waals surface area contributed by atoms with Crippen LogP contribution in [0.3, 0.4) is 0 Å². The van der Waals surface area contributed by atoms with E-state index in [-0.39, 0.29) is 4.21 Å². The molecule has 0 saturated carbocycles. The van der Waals surface area contributed by atoms with Gasteiger partial charge in [-0.1, -0.05) is 0 Å². The molecule has 0 aliphatic carbocycles. The van der Waals surface area contributed by atoms with Gasteiger partial charge in [0.05, 0.1) is 30.6 Å². The Bertz CT molecular complexity index is 1390. The van der Waals surface area contributed by atoms with Gasteiger partial charge in [0.25, 0.3) is 10.0 Å². The molecule has 3 rings (SSSR count). The van der Waals surface area contributed by atoms with Crippen LogP contribution in [0.4, 0.5) is 13.2 Å². The van der Waals surface area contributed by atoms with Gasteiger partial charge in [-0.15, -0.1) is 11.3 Å². The number of nitriles is 1. The summed E-state index contributed by atoms with van der Waals surface area (Å²) in [6, 6.07) is 9.33. The summed E-state index contributed by atoms with van der Waals surface area (Å²) in [5, 5.41) is 8.79. The molecule has 1 unspecified atom stereocenters. The van der Waals surface area contributed by atoms with Gasteiger partial charge in [-0.2, -0.15) is 18.4 Å². The molecule has 180 valence electrons.